The fraction of sp³-hybridized carbons (Fsp3) is 0.571. The van der Waals surface area contributed by atoms with Gasteiger partial charge in [-0.15, -0.1) is 0 Å². The normalized spacial score (nSPS) is 47.1. The van der Waals surface area contributed by atoms with Crippen LogP contribution in [0.1, 0.15) is 60.8 Å². The lowest BCUT2D eigenvalue weighted by atomic mass is 9.25. The van der Waals surface area contributed by atoms with E-state index in [4.69, 9.17) is 0 Å². The van der Waals surface area contributed by atoms with E-state index in [-0.39, 0.29) is 0 Å². The van der Waals surface area contributed by atoms with E-state index in [1.807, 2.05) is 0 Å². The predicted molar refractivity (Wildman–Crippen MR) is 114 cm³/mol. The molecule has 2 aromatic rings. The van der Waals surface area contributed by atoms with Gasteiger partial charge in [0.05, 0.1) is 0 Å². The zero-order valence-corrected chi connectivity index (χ0v) is 17.3. The second kappa shape index (κ2) is 5.13. The zero-order chi connectivity index (χ0) is 18.7. The minimum atomic E-state index is 0.509. The van der Waals surface area contributed by atoms with Crippen LogP contribution in [-0.4, -0.2) is 0 Å². The van der Waals surface area contributed by atoms with E-state index in [0.29, 0.717) is 10.8 Å². The Bertz CT molecular complexity index is 830. The first-order valence-electron chi connectivity index (χ1n) is 11.8. The Labute approximate surface area is 169 Å². The van der Waals surface area contributed by atoms with Crippen LogP contribution in [0.4, 0.5) is 0 Å². The van der Waals surface area contributed by atoms with Gasteiger partial charge in [-0.25, -0.2) is 0 Å². The molecular weight excluding hydrogens is 336 g/mol. The second-order valence-electron chi connectivity index (χ2n) is 11.3. The maximum Gasteiger partial charge on any atom is 0.00182 e. The zero-order valence-electron chi connectivity index (χ0n) is 17.3. The third kappa shape index (κ3) is 1.72. The highest BCUT2D eigenvalue weighted by atomic mass is 14.8. The molecule has 0 nitrogen and oxygen atoms in total. The summed E-state index contributed by atoms with van der Waals surface area (Å²) in [6, 6.07) is 19.7. The molecule has 7 aliphatic rings. The molecule has 4 unspecified atom stereocenters. The van der Waals surface area contributed by atoms with Crippen LogP contribution < -0.4 is 0 Å². The fourth-order valence-electron chi connectivity index (χ4n) is 9.83. The summed E-state index contributed by atoms with van der Waals surface area (Å²) in [5.74, 6) is 5.70. The van der Waals surface area contributed by atoms with Gasteiger partial charge in [0.2, 0.25) is 0 Å². The average molecular weight is 369 g/mol. The highest BCUT2D eigenvalue weighted by molar-refractivity contribution is 5.44. The molecule has 0 saturated heterocycles. The van der Waals surface area contributed by atoms with Gasteiger partial charge in [0.1, 0.15) is 0 Å². The van der Waals surface area contributed by atoms with Gasteiger partial charge in [-0.1, -0.05) is 59.7 Å². The monoisotopic (exact) mass is 368 g/mol. The molecule has 0 spiro atoms. The first-order valence-corrected chi connectivity index (χ1v) is 11.8. The maximum absolute atomic E-state index is 2.53. The molecule has 0 aliphatic heterocycles. The highest BCUT2D eigenvalue weighted by Gasteiger charge is 2.75. The Kier molecular flexibility index (Phi) is 2.98. The molecule has 7 aliphatic carbocycles. The molecule has 0 N–H and O–H groups in total. The molecule has 2 aromatic carbocycles. The molecule has 0 amide bonds. The molecule has 7 fully saturated rings. The van der Waals surface area contributed by atoms with Gasteiger partial charge in [0.15, 0.2) is 0 Å². The van der Waals surface area contributed by atoms with Crippen molar-refractivity contribution in [2.45, 2.75) is 63.2 Å². The van der Waals surface area contributed by atoms with Crippen molar-refractivity contribution in [3.63, 3.8) is 0 Å². The van der Waals surface area contributed by atoms with Crippen molar-refractivity contribution in [2.24, 2.45) is 35.5 Å². The van der Waals surface area contributed by atoms with Crippen molar-refractivity contribution >= 4 is 0 Å². The van der Waals surface area contributed by atoms with E-state index in [0.717, 1.165) is 35.5 Å². The van der Waals surface area contributed by atoms with Gasteiger partial charge in [-0.05, 0) is 99.0 Å². The highest BCUT2D eigenvalue weighted by Crippen LogP contribution is 2.80. The van der Waals surface area contributed by atoms with Gasteiger partial charge in [0, 0.05) is 10.8 Å². The summed E-state index contributed by atoms with van der Waals surface area (Å²) < 4.78 is 0. The Morgan fingerprint density at radius 1 is 0.536 bits per heavy atom. The Balaban J connectivity index is 1.44. The van der Waals surface area contributed by atoms with Gasteiger partial charge < -0.3 is 0 Å². The topological polar surface area (TPSA) is 0 Å². The molecule has 0 heteroatoms. The molecule has 28 heavy (non-hydrogen) atoms. The maximum atomic E-state index is 2.53. The van der Waals surface area contributed by atoms with Crippen LogP contribution in [0.3, 0.4) is 0 Å². The molecule has 4 atom stereocenters. The van der Waals surface area contributed by atoms with Gasteiger partial charge in [0.25, 0.3) is 0 Å². The van der Waals surface area contributed by atoms with E-state index in [1.54, 1.807) is 11.1 Å². The van der Waals surface area contributed by atoms with Gasteiger partial charge >= 0.3 is 0 Å². The van der Waals surface area contributed by atoms with E-state index >= 15 is 0 Å². The SMILES string of the molecule is Cc1ccc(C23CC4CC5C2CC2CC3C(C4)C5(c3ccc(C)cc3)C2)cc1. The molecule has 0 radical (unpaired) electrons. The van der Waals surface area contributed by atoms with E-state index in [2.05, 4.69) is 62.4 Å². The fourth-order valence-corrected chi connectivity index (χ4v) is 9.83. The number of hydrogen-bond acceptors (Lipinski definition) is 0. The molecule has 144 valence electrons. The van der Waals surface area contributed by atoms with Crippen molar-refractivity contribution in [3.8, 4) is 0 Å². The molecular formula is C28H32. The summed E-state index contributed by atoms with van der Waals surface area (Å²) in [6.45, 7) is 4.48. The van der Waals surface area contributed by atoms with E-state index < -0.39 is 0 Å². The smallest absolute Gasteiger partial charge is 0.00182 e. The summed E-state index contributed by atoms with van der Waals surface area (Å²) in [5.41, 5.74) is 7.27. The second-order valence-corrected chi connectivity index (χ2v) is 11.3. The van der Waals surface area contributed by atoms with Crippen LogP contribution >= 0.6 is 0 Å². The standard InChI is InChI=1S/C28H32/c1-17-3-7-21(8-4-17)27-15-19-13-25-23(27)11-20-12-24(27)26(14-19)28(25,16-20)22-9-5-18(2)6-10-22/h3-10,19-20,23-26H,11-16H2,1-2H3. The lowest BCUT2D eigenvalue weighted by molar-refractivity contribution is -0.237. The number of benzene rings is 2. The molecule has 0 heterocycles. The van der Waals surface area contributed by atoms with Crippen molar-refractivity contribution < 1.29 is 0 Å². The first-order chi connectivity index (χ1) is 13.6. The summed E-state index contributed by atoms with van der Waals surface area (Å²) in [6.07, 6.45) is 9.05. The lowest BCUT2D eigenvalue weighted by Crippen LogP contribution is -2.75. The molecule has 9 rings (SSSR count). The van der Waals surface area contributed by atoms with Crippen LogP contribution in [-0.2, 0) is 10.8 Å². The molecule has 8 bridgehead atoms. The predicted octanol–water partition coefficient (Wildman–Crippen LogP) is 6.59. The summed E-state index contributed by atoms with van der Waals surface area (Å²) in [5, 5.41) is 0. The van der Waals surface area contributed by atoms with Crippen LogP contribution in [0.15, 0.2) is 48.5 Å². The van der Waals surface area contributed by atoms with Crippen molar-refractivity contribution in [2.75, 3.05) is 0 Å². The third-order valence-corrected chi connectivity index (χ3v) is 10.4. The lowest BCUT2D eigenvalue weighted by Gasteiger charge is -2.79. The average Bonchev–Trinajstić information content (AvgIpc) is 2.72. The van der Waals surface area contributed by atoms with Crippen LogP contribution in [0, 0.1) is 49.4 Å². The van der Waals surface area contributed by atoms with Crippen molar-refractivity contribution in [3.05, 3.63) is 70.8 Å². The largest absolute Gasteiger partial charge is 0.0590 e. The van der Waals surface area contributed by atoms with E-state index in [9.17, 15) is 0 Å². The number of hydrogen-bond donors (Lipinski definition) is 0. The molecule has 0 aromatic heterocycles. The number of rotatable bonds is 2. The summed E-state index contributed by atoms with van der Waals surface area (Å²) in [4.78, 5) is 0. The van der Waals surface area contributed by atoms with Gasteiger partial charge in [-0.2, -0.15) is 0 Å². The van der Waals surface area contributed by atoms with Crippen molar-refractivity contribution in [1.29, 1.82) is 0 Å². The minimum Gasteiger partial charge on any atom is -0.0590 e. The third-order valence-electron chi connectivity index (χ3n) is 10.4. The van der Waals surface area contributed by atoms with Crippen LogP contribution in [0.2, 0.25) is 0 Å². The minimum absolute atomic E-state index is 0.509. The Morgan fingerprint density at radius 3 is 1.18 bits per heavy atom. The van der Waals surface area contributed by atoms with Crippen LogP contribution in [0.25, 0.3) is 0 Å². The van der Waals surface area contributed by atoms with Crippen molar-refractivity contribution in [1.82, 2.24) is 0 Å². The first kappa shape index (κ1) is 16.3. The quantitative estimate of drug-likeness (QED) is 0.561. The summed E-state index contributed by atoms with van der Waals surface area (Å²) in [7, 11) is 0. The van der Waals surface area contributed by atoms with Gasteiger partial charge in [-0.3, -0.25) is 0 Å². The van der Waals surface area contributed by atoms with Crippen LogP contribution in [0.5, 0.6) is 0 Å². The number of aryl methyl sites for hydroxylation is 2. The molecule has 7 saturated carbocycles. The van der Waals surface area contributed by atoms with E-state index in [1.165, 1.54) is 49.7 Å². The Hall–Kier alpha value is -1.56. The summed E-state index contributed by atoms with van der Waals surface area (Å²) >= 11 is 0. The Morgan fingerprint density at radius 2 is 0.857 bits per heavy atom.